The van der Waals surface area contributed by atoms with Gasteiger partial charge in [0, 0.05) is 18.3 Å². The van der Waals surface area contributed by atoms with Crippen molar-refractivity contribution in [3.8, 4) is 5.75 Å². The van der Waals surface area contributed by atoms with E-state index in [1.165, 1.54) is 7.11 Å². The Morgan fingerprint density at radius 1 is 1.19 bits per heavy atom. The van der Waals surface area contributed by atoms with Gasteiger partial charge in [-0.25, -0.2) is 9.78 Å². The number of aromatic amines is 1. The van der Waals surface area contributed by atoms with Crippen LogP contribution in [0.25, 0.3) is 11.0 Å². The average molecular weight is 365 g/mol. The molecule has 0 spiro atoms. The van der Waals surface area contributed by atoms with Gasteiger partial charge in [0.05, 0.1) is 30.8 Å². The van der Waals surface area contributed by atoms with Crippen molar-refractivity contribution in [2.45, 2.75) is 12.8 Å². The largest absolute Gasteiger partial charge is 0.497 e. The van der Waals surface area contributed by atoms with Crippen LogP contribution in [0.1, 0.15) is 22.3 Å². The number of ether oxygens (including phenoxy) is 2. The van der Waals surface area contributed by atoms with Crippen molar-refractivity contribution in [3.63, 3.8) is 0 Å². The van der Waals surface area contributed by atoms with Crippen LogP contribution in [-0.4, -0.2) is 36.7 Å². The first kappa shape index (κ1) is 17.1. The molecule has 0 saturated heterocycles. The number of hydrogen-bond acceptors (Lipinski definition) is 6. The number of carbonyl (C=O) groups is 1. The van der Waals surface area contributed by atoms with Gasteiger partial charge in [-0.15, -0.1) is 0 Å². The number of nitrogens with one attached hydrogen (secondary N) is 1. The third kappa shape index (κ3) is 3.01. The van der Waals surface area contributed by atoms with E-state index < -0.39 is 5.97 Å². The molecule has 0 saturated carbocycles. The zero-order chi connectivity index (χ0) is 19.0. The molecule has 1 aliphatic heterocycles. The van der Waals surface area contributed by atoms with Crippen LogP contribution >= 0.6 is 0 Å². The first-order chi connectivity index (χ1) is 13.1. The fourth-order valence-electron chi connectivity index (χ4n) is 3.40. The lowest BCUT2D eigenvalue weighted by atomic mass is 10.0. The summed E-state index contributed by atoms with van der Waals surface area (Å²) < 4.78 is 10.1. The Hall–Kier alpha value is -3.35. The first-order valence-corrected chi connectivity index (χ1v) is 8.67. The number of esters is 1. The normalized spacial score (nSPS) is 13.3. The molecule has 3 aromatic rings. The Morgan fingerprint density at radius 2 is 2.04 bits per heavy atom. The van der Waals surface area contributed by atoms with E-state index in [1.807, 2.05) is 23.1 Å². The summed E-state index contributed by atoms with van der Waals surface area (Å²) in [6, 6.07) is 10.7. The molecule has 4 rings (SSSR count). The van der Waals surface area contributed by atoms with E-state index in [0.717, 1.165) is 29.8 Å². The summed E-state index contributed by atoms with van der Waals surface area (Å²) in [4.78, 5) is 33.8. The monoisotopic (exact) mass is 365 g/mol. The summed E-state index contributed by atoms with van der Waals surface area (Å²) in [5.74, 6) is 0.587. The number of anilines is 2. The Labute approximate surface area is 155 Å². The number of aryl methyl sites for hydroxylation is 1. The fraction of sp³-hybridized carbons (Fsp3) is 0.250. The smallest absolute Gasteiger partial charge is 0.337 e. The van der Waals surface area contributed by atoms with E-state index in [-0.39, 0.29) is 5.56 Å². The lowest BCUT2D eigenvalue weighted by Crippen LogP contribution is -2.30. The highest BCUT2D eigenvalue weighted by atomic mass is 16.5. The molecule has 2 aromatic carbocycles. The maximum atomic E-state index is 12.7. The molecule has 7 heteroatoms. The molecule has 0 fully saturated rings. The predicted octanol–water partition coefficient (Wildman–Crippen LogP) is 2.80. The third-order valence-electron chi connectivity index (χ3n) is 4.76. The van der Waals surface area contributed by atoms with Crippen LogP contribution in [0.5, 0.6) is 5.75 Å². The standard InChI is InChI=1S/C20H19N3O4/c1-26-14-7-5-12-4-3-9-23(17(12)11-14)18-19(24)22-15-8-6-13(20(25)27-2)10-16(15)21-18/h5-8,10-11H,3-4,9H2,1-2H3,(H,22,24). The topological polar surface area (TPSA) is 84.5 Å². The number of hydrogen-bond donors (Lipinski definition) is 1. The molecule has 0 aliphatic carbocycles. The van der Waals surface area contributed by atoms with Crippen molar-refractivity contribution >= 4 is 28.5 Å². The zero-order valence-electron chi connectivity index (χ0n) is 15.1. The van der Waals surface area contributed by atoms with E-state index in [2.05, 4.69) is 9.97 Å². The Morgan fingerprint density at radius 3 is 2.81 bits per heavy atom. The van der Waals surface area contributed by atoms with Crippen LogP contribution in [0.3, 0.4) is 0 Å². The minimum atomic E-state index is -0.445. The number of aromatic nitrogens is 2. The van der Waals surface area contributed by atoms with Crippen LogP contribution in [0.4, 0.5) is 11.5 Å². The summed E-state index contributed by atoms with van der Waals surface area (Å²) >= 11 is 0. The van der Waals surface area contributed by atoms with Gasteiger partial charge in [0.25, 0.3) is 5.56 Å². The molecule has 1 aliphatic rings. The molecule has 0 radical (unpaired) electrons. The third-order valence-corrected chi connectivity index (χ3v) is 4.76. The Kier molecular flexibility index (Phi) is 4.27. The summed E-state index contributed by atoms with van der Waals surface area (Å²) in [5.41, 5.74) is 3.27. The maximum absolute atomic E-state index is 12.7. The van der Waals surface area contributed by atoms with E-state index >= 15 is 0 Å². The van der Waals surface area contributed by atoms with E-state index in [1.54, 1.807) is 25.3 Å². The second-order valence-corrected chi connectivity index (χ2v) is 6.36. The second-order valence-electron chi connectivity index (χ2n) is 6.36. The fourth-order valence-corrected chi connectivity index (χ4v) is 3.40. The number of H-pyrrole nitrogens is 1. The first-order valence-electron chi connectivity index (χ1n) is 8.67. The van der Waals surface area contributed by atoms with Crippen molar-refractivity contribution < 1.29 is 14.3 Å². The SMILES string of the molecule is COC(=O)c1ccc2[nH]c(=O)c(N3CCCc4ccc(OC)cc43)nc2c1. The van der Waals surface area contributed by atoms with E-state index in [9.17, 15) is 9.59 Å². The van der Waals surface area contributed by atoms with Gasteiger partial charge in [0.1, 0.15) is 5.75 Å². The van der Waals surface area contributed by atoms with Crippen LogP contribution < -0.4 is 15.2 Å². The Bertz CT molecular complexity index is 1090. The average Bonchev–Trinajstić information content (AvgIpc) is 2.71. The minimum absolute atomic E-state index is 0.274. The molecule has 0 unspecified atom stereocenters. The van der Waals surface area contributed by atoms with Gasteiger partial charge in [0.2, 0.25) is 0 Å². The molecular formula is C20H19N3O4. The van der Waals surface area contributed by atoms with Crippen LogP contribution in [0.2, 0.25) is 0 Å². The summed E-state index contributed by atoms with van der Waals surface area (Å²) in [7, 11) is 2.95. The molecule has 0 atom stereocenters. The van der Waals surface area contributed by atoms with Crippen molar-refractivity contribution in [2.24, 2.45) is 0 Å². The van der Waals surface area contributed by atoms with Gasteiger partial charge in [0.15, 0.2) is 5.82 Å². The van der Waals surface area contributed by atoms with Gasteiger partial charge in [-0.2, -0.15) is 0 Å². The lowest BCUT2D eigenvalue weighted by Gasteiger charge is -2.30. The molecule has 27 heavy (non-hydrogen) atoms. The Balaban J connectivity index is 1.86. The molecule has 2 heterocycles. The highest BCUT2D eigenvalue weighted by Crippen LogP contribution is 2.34. The molecule has 1 aromatic heterocycles. The second kappa shape index (κ2) is 6.75. The molecule has 7 nitrogen and oxygen atoms in total. The number of rotatable bonds is 3. The molecular weight excluding hydrogens is 346 g/mol. The lowest BCUT2D eigenvalue weighted by molar-refractivity contribution is 0.0601. The number of fused-ring (bicyclic) bond motifs is 2. The van der Waals surface area contributed by atoms with Gasteiger partial charge in [-0.05, 0) is 42.7 Å². The molecule has 0 bridgehead atoms. The zero-order valence-corrected chi connectivity index (χ0v) is 15.1. The molecule has 0 amide bonds. The van der Waals surface area contributed by atoms with Crippen molar-refractivity contribution in [1.29, 1.82) is 0 Å². The van der Waals surface area contributed by atoms with Crippen molar-refractivity contribution in [3.05, 3.63) is 57.9 Å². The van der Waals surface area contributed by atoms with E-state index in [4.69, 9.17) is 9.47 Å². The van der Waals surface area contributed by atoms with Crippen molar-refractivity contribution in [1.82, 2.24) is 9.97 Å². The van der Waals surface area contributed by atoms with Gasteiger partial charge >= 0.3 is 5.97 Å². The molecule has 1 N–H and O–H groups in total. The number of methoxy groups -OCH3 is 2. The summed E-state index contributed by atoms with van der Waals surface area (Å²) in [6.45, 7) is 0.679. The van der Waals surface area contributed by atoms with Crippen LogP contribution in [0.15, 0.2) is 41.2 Å². The minimum Gasteiger partial charge on any atom is -0.497 e. The number of nitrogens with zero attached hydrogens (tertiary/aromatic N) is 2. The molecule has 138 valence electrons. The highest BCUT2D eigenvalue weighted by molar-refractivity contribution is 5.93. The van der Waals surface area contributed by atoms with Gasteiger partial charge in [-0.1, -0.05) is 6.07 Å². The van der Waals surface area contributed by atoms with Crippen molar-refractivity contribution in [2.75, 3.05) is 25.7 Å². The summed E-state index contributed by atoms with van der Waals surface area (Å²) in [5, 5.41) is 0. The van der Waals surface area contributed by atoms with Crippen LogP contribution in [0, 0.1) is 0 Å². The summed E-state index contributed by atoms with van der Waals surface area (Å²) in [6.07, 6.45) is 1.86. The van der Waals surface area contributed by atoms with Gasteiger partial charge < -0.3 is 19.4 Å². The number of benzene rings is 2. The number of carbonyl (C=O) groups excluding carboxylic acids is 1. The quantitative estimate of drug-likeness (QED) is 0.719. The van der Waals surface area contributed by atoms with E-state index in [0.29, 0.717) is 29.0 Å². The maximum Gasteiger partial charge on any atom is 0.337 e. The van der Waals surface area contributed by atoms with Crippen LogP contribution in [-0.2, 0) is 11.2 Å². The highest BCUT2D eigenvalue weighted by Gasteiger charge is 2.23. The van der Waals surface area contributed by atoms with Gasteiger partial charge in [-0.3, -0.25) is 4.79 Å². The predicted molar refractivity (Wildman–Crippen MR) is 102 cm³/mol.